The molecule has 0 aliphatic rings. The molecule has 0 spiro atoms. The fourth-order valence-electron chi connectivity index (χ4n) is 1.98. The number of methoxy groups -OCH3 is 2. The minimum atomic E-state index is 0.425. The van der Waals surface area contributed by atoms with Gasteiger partial charge in [-0.25, -0.2) is 4.98 Å². The predicted molar refractivity (Wildman–Crippen MR) is 68.9 cm³/mol. The summed E-state index contributed by atoms with van der Waals surface area (Å²) in [5.74, 6) is 1.95. The van der Waals surface area contributed by atoms with Crippen molar-refractivity contribution < 1.29 is 9.47 Å². The number of benzene rings is 1. The van der Waals surface area contributed by atoms with Gasteiger partial charge in [-0.3, -0.25) is 0 Å². The van der Waals surface area contributed by atoms with Crippen LogP contribution in [0, 0.1) is 0 Å². The zero-order valence-electron chi connectivity index (χ0n) is 10.7. The molecule has 0 atom stereocenters. The first-order valence-electron chi connectivity index (χ1n) is 5.68. The van der Waals surface area contributed by atoms with Gasteiger partial charge in [0.25, 0.3) is 0 Å². The number of rotatable bonds is 3. The zero-order chi connectivity index (χ0) is 12.4. The largest absolute Gasteiger partial charge is 0.496 e. The van der Waals surface area contributed by atoms with Gasteiger partial charge in [-0.2, -0.15) is 0 Å². The number of fused-ring (bicyclic) bond motifs is 1. The van der Waals surface area contributed by atoms with E-state index in [-0.39, 0.29) is 0 Å². The average molecular weight is 231 g/mol. The molecule has 0 aliphatic carbocycles. The second-order valence-electron chi connectivity index (χ2n) is 4.29. The van der Waals surface area contributed by atoms with E-state index in [0.717, 1.165) is 16.5 Å². The lowest BCUT2D eigenvalue weighted by molar-refractivity contribution is 0.400. The van der Waals surface area contributed by atoms with Crippen LogP contribution in [0.1, 0.15) is 25.3 Å². The van der Waals surface area contributed by atoms with Crippen molar-refractivity contribution in [3.63, 3.8) is 0 Å². The van der Waals surface area contributed by atoms with E-state index in [9.17, 15) is 0 Å². The number of hydrogen-bond donors (Lipinski definition) is 0. The lowest BCUT2D eigenvalue weighted by atomic mass is 9.98. The van der Waals surface area contributed by atoms with Gasteiger partial charge < -0.3 is 9.47 Å². The Morgan fingerprint density at radius 1 is 1.12 bits per heavy atom. The van der Waals surface area contributed by atoms with E-state index in [1.54, 1.807) is 20.4 Å². The predicted octanol–water partition coefficient (Wildman–Crippen LogP) is 3.38. The third kappa shape index (κ3) is 2.05. The van der Waals surface area contributed by atoms with Gasteiger partial charge in [0.15, 0.2) is 0 Å². The molecule has 0 N–H and O–H groups in total. The molecule has 0 unspecified atom stereocenters. The Morgan fingerprint density at radius 3 is 2.47 bits per heavy atom. The van der Waals surface area contributed by atoms with E-state index in [0.29, 0.717) is 11.8 Å². The van der Waals surface area contributed by atoms with E-state index in [1.165, 1.54) is 5.56 Å². The molecule has 3 nitrogen and oxygen atoms in total. The Kier molecular flexibility index (Phi) is 3.18. The first-order valence-corrected chi connectivity index (χ1v) is 5.68. The van der Waals surface area contributed by atoms with Gasteiger partial charge in [0.2, 0.25) is 5.88 Å². The summed E-state index contributed by atoms with van der Waals surface area (Å²) < 4.78 is 10.7. The Hall–Kier alpha value is -1.77. The zero-order valence-corrected chi connectivity index (χ0v) is 10.7. The molecule has 0 amide bonds. The van der Waals surface area contributed by atoms with Crippen LogP contribution in [0.2, 0.25) is 0 Å². The molecular weight excluding hydrogens is 214 g/mol. The van der Waals surface area contributed by atoms with Crippen molar-refractivity contribution in [2.45, 2.75) is 19.8 Å². The molecule has 17 heavy (non-hydrogen) atoms. The molecular formula is C14H17NO2. The summed E-state index contributed by atoms with van der Waals surface area (Å²) >= 11 is 0. The maximum atomic E-state index is 5.43. The van der Waals surface area contributed by atoms with Crippen LogP contribution in [0.25, 0.3) is 10.8 Å². The average Bonchev–Trinajstić information content (AvgIpc) is 2.36. The van der Waals surface area contributed by atoms with Crippen LogP contribution in [-0.2, 0) is 0 Å². The van der Waals surface area contributed by atoms with Gasteiger partial charge in [-0.1, -0.05) is 13.8 Å². The van der Waals surface area contributed by atoms with Gasteiger partial charge in [0, 0.05) is 11.6 Å². The highest BCUT2D eigenvalue weighted by atomic mass is 16.5. The summed E-state index contributed by atoms with van der Waals surface area (Å²) in [5.41, 5.74) is 1.20. The second-order valence-corrected chi connectivity index (χ2v) is 4.29. The van der Waals surface area contributed by atoms with Crippen molar-refractivity contribution in [1.29, 1.82) is 0 Å². The summed E-state index contributed by atoms with van der Waals surface area (Å²) in [6.45, 7) is 4.31. The van der Waals surface area contributed by atoms with Gasteiger partial charge in [-0.15, -0.1) is 0 Å². The molecule has 90 valence electrons. The maximum Gasteiger partial charge on any atom is 0.221 e. The van der Waals surface area contributed by atoms with Crippen LogP contribution in [0.3, 0.4) is 0 Å². The Labute approximate surface area is 101 Å². The highest BCUT2D eigenvalue weighted by molar-refractivity contribution is 5.89. The molecule has 1 aromatic heterocycles. The molecule has 3 heteroatoms. The minimum Gasteiger partial charge on any atom is -0.496 e. The second kappa shape index (κ2) is 4.62. The number of pyridine rings is 1. The smallest absolute Gasteiger partial charge is 0.221 e. The summed E-state index contributed by atoms with van der Waals surface area (Å²) in [5, 5.41) is 2.11. The topological polar surface area (TPSA) is 31.4 Å². The normalized spacial score (nSPS) is 10.9. The SMILES string of the molecule is COc1cc2c(OC)nccc2cc1C(C)C. The fourth-order valence-corrected chi connectivity index (χ4v) is 1.98. The molecule has 2 aromatic rings. The third-order valence-corrected chi connectivity index (χ3v) is 2.89. The summed E-state index contributed by atoms with van der Waals surface area (Å²) in [6.07, 6.45) is 1.76. The number of nitrogens with zero attached hydrogens (tertiary/aromatic N) is 1. The van der Waals surface area contributed by atoms with E-state index < -0.39 is 0 Å². The summed E-state index contributed by atoms with van der Waals surface area (Å²) in [6, 6.07) is 6.13. The van der Waals surface area contributed by atoms with Crippen LogP contribution in [-0.4, -0.2) is 19.2 Å². The highest BCUT2D eigenvalue weighted by Gasteiger charge is 2.11. The summed E-state index contributed by atoms with van der Waals surface area (Å²) in [7, 11) is 3.32. The van der Waals surface area contributed by atoms with Gasteiger partial charge in [0.1, 0.15) is 5.75 Å². The quantitative estimate of drug-likeness (QED) is 0.811. The Balaban J connectivity index is 2.73. The van der Waals surface area contributed by atoms with Crippen molar-refractivity contribution in [3.05, 3.63) is 30.0 Å². The molecule has 1 aromatic carbocycles. The van der Waals surface area contributed by atoms with Crippen LogP contribution >= 0.6 is 0 Å². The molecule has 0 saturated heterocycles. The van der Waals surface area contributed by atoms with Crippen LogP contribution in [0.5, 0.6) is 11.6 Å². The van der Waals surface area contributed by atoms with Crippen molar-refractivity contribution in [1.82, 2.24) is 4.98 Å². The number of ether oxygens (including phenoxy) is 2. The first-order chi connectivity index (χ1) is 8.17. The monoisotopic (exact) mass is 231 g/mol. The molecule has 0 fully saturated rings. The maximum absolute atomic E-state index is 5.43. The van der Waals surface area contributed by atoms with Crippen molar-refractivity contribution in [3.8, 4) is 11.6 Å². The Morgan fingerprint density at radius 2 is 1.88 bits per heavy atom. The molecule has 0 radical (unpaired) electrons. The van der Waals surface area contributed by atoms with Crippen molar-refractivity contribution in [2.24, 2.45) is 0 Å². The van der Waals surface area contributed by atoms with Gasteiger partial charge in [0.05, 0.1) is 14.2 Å². The number of hydrogen-bond acceptors (Lipinski definition) is 3. The molecule has 2 rings (SSSR count). The third-order valence-electron chi connectivity index (χ3n) is 2.89. The lowest BCUT2D eigenvalue weighted by Crippen LogP contribution is -1.96. The lowest BCUT2D eigenvalue weighted by Gasteiger charge is -2.14. The van der Waals surface area contributed by atoms with E-state index >= 15 is 0 Å². The van der Waals surface area contributed by atoms with Crippen LogP contribution in [0.15, 0.2) is 24.4 Å². The first kappa shape index (κ1) is 11.7. The van der Waals surface area contributed by atoms with Crippen molar-refractivity contribution in [2.75, 3.05) is 14.2 Å². The fraction of sp³-hybridized carbons (Fsp3) is 0.357. The molecule has 0 aliphatic heterocycles. The van der Waals surface area contributed by atoms with Crippen molar-refractivity contribution >= 4 is 10.8 Å². The Bertz CT molecular complexity index is 535. The van der Waals surface area contributed by atoms with E-state index in [4.69, 9.17) is 9.47 Å². The van der Waals surface area contributed by atoms with E-state index in [2.05, 4.69) is 24.9 Å². The standard InChI is InChI=1S/C14H17NO2/c1-9(2)11-7-10-5-6-15-14(17-4)12(10)8-13(11)16-3/h5-9H,1-4H3. The molecule has 0 bridgehead atoms. The van der Waals surface area contributed by atoms with Crippen LogP contribution < -0.4 is 9.47 Å². The van der Waals surface area contributed by atoms with Gasteiger partial charge in [-0.05, 0) is 35.1 Å². The number of aromatic nitrogens is 1. The van der Waals surface area contributed by atoms with E-state index in [1.807, 2.05) is 12.1 Å². The highest BCUT2D eigenvalue weighted by Crippen LogP contribution is 2.34. The molecule has 0 saturated carbocycles. The summed E-state index contributed by atoms with van der Waals surface area (Å²) in [4.78, 5) is 4.20. The molecule has 1 heterocycles. The van der Waals surface area contributed by atoms with Crippen LogP contribution in [0.4, 0.5) is 0 Å². The minimum absolute atomic E-state index is 0.425. The van der Waals surface area contributed by atoms with Gasteiger partial charge >= 0.3 is 0 Å².